The van der Waals surface area contributed by atoms with E-state index >= 15 is 0 Å². The highest BCUT2D eigenvalue weighted by atomic mass is 15.3. The monoisotopic (exact) mass is 160 g/mol. The van der Waals surface area contributed by atoms with Crippen LogP contribution in [0.15, 0.2) is 24.8 Å². The molecule has 0 atom stereocenters. The zero-order valence-corrected chi connectivity index (χ0v) is 7.17. The van der Waals surface area contributed by atoms with Crippen molar-refractivity contribution in [2.45, 2.75) is 0 Å². The summed E-state index contributed by atoms with van der Waals surface area (Å²) < 4.78 is 0. The van der Waals surface area contributed by atoms with Gasteiger partial charge in [0.25, 0.3) is 0 Å². The van der Waals surface area contributed by atoms with Crippen molar-refractivity contribution >= 4 is 17.5 Å². The number of anilines is 2. The van der Waals surface area contributed by atoms with Crippen LogP contribution in [0.3, 0.4) is 0 Å². The van der Waals surface area contributed by atoms with E-state index in [1.165, 1.54) is 16.9 Å². The average Bonchev–Trinajstić information content (AvgIpc) is 2.47. The van der Waals surface area contributed by atoms with Crippen molar-refractivity contribution in [3.05, 3.63) is 30.3 Å². The summed E-state index contributed by atoms with van der Waals surface area (Å²) in [5.74, 6) is 0. The van der Waals surface area contributed by atoms with Gasteiger partial charge in [0.1, 0.15) is 0 Å². The van der Waals surface area contributed by atoms with Gasteiger partial charge in [0.05, 0.1) is 18.0 Å². The van der Waals surface area contributed by atoms with Crippen LogP contribution in [0.4, 0.5) is 11.4 Å². The number of benzene rings is 1. The van der Waals surface area contributed by atoms with Gasteiger partial charge in [0, 0.05) is 7.05 Å². The Labute approximate surface area is 72.5 Å². The highest BCUT2D eigenvalue weighted by Crippen LogP contribution is 2.30. The zero-order valence-electron chi connectivity index (χ0n) is 7.17. The third-order valence-corrected chi connectivity index (χ3v) is 2.18. The van der Waals surface area contributed by atoms with Crippen LogP contribution in [0.25, 0.3) is 6.08 Å². The summed E-state index contributed by atoms with van der Waals surface area (Å²) in [7, 11) is 2.08. The van der Waals surface area contributed by atoms with Gasteiger partial charge in [0.2, 0.25) is 0 Å². The molecule has 0 saturated heterocycles. The van der Waals surface area contributed by atoms with E-state index in [0.29, 0.717) is 0 Å². The maximum Gasteiger partial charge on any atom is 0.0874 e. The van der Waals surface area contributed by atoms with Crippen molar-refractivity contribution < 1.29 is 0 Å². The highest BCUT2D eigenvalue weighted by molar-refractivity contribution is 5.77. The van der Waals surface area contributed by atoms with Gasteiger partial charge in [-0.05, 0) is 17.7 Å². The molecule has 1 aromatic rings. The summed E-state index contributed by atoms with van der Waals surface area (Å²) in [5.41, 5.74) is 3.64. The Morgan fingerprint density at radius 3 is 3.17 bits per heavy atom. The van der Waals surface area contributed by atoms with E-state index in [1.807, 2.05) is 6.08 Å². The average molecular weight is 160 g/mol. The fraction of sp³-hybridized carbons (Fsp3) is 0.200. The van der Waals surface area contributed by atoms with Crippen LogP contribution in [-0.2, 0) is 0 Å². The Hall–Kier alpha value is -1.44. The number of hydrogen-bond donors (Lipinski definition) is 1. The second kappa shape index (κ2) is 2.55. The molecule has 0 aromatic heterocycles. The molecule has 0 amide bonds. The van der Waals surface area contributed by atoms with E-state index in [1.54, 1.807) is 0 Å². The van der Waals surface area contributed by atoms with Crippen LogP contribution in [0.2, 0.25) is 0 Å². The second-order valence-electron chi connectivity index (χ2n) is 3.01. The minimum absolute atomic E-state index is 0.899. The van der Waals surface area contributed by atoms with Crippen molar-refractivity contribution in [2.75, 3.05) is 23.9 Å². The van der Waals surface area contributed by atoms with E-state index < -0.39 is 0 Å². The first-order chi connectivity index (χ1) is 5.81. The van der Waals surface area contributed by atoms with E-state index in [-0.39, 0.29) is 0 Å². The Morgan fingerprint density at radius 1 is 1.58 bits per heavy atom. The lowest BCUT2D eigenvalue weighted by molar-refractivity contribution is 1.03. The van der Waals surface area contributed by atoms with Gasteiger partial charge < -0.3 is 10.2 Å². The Balaban J connectivity index is 2.50. The van der Waals surface area contributed by atoms with E-state index in [2.05, 4.69) is 42.0 Å². The van der Waals surface area contributed by atoms with Crippen molar-refractivity contribution in [1.82, 2.24) is 0 Å². The van der Waals surface area contributed by atoms with Crippen LogP contribution >= 0.6 is 0 Å². The SMILES string of the molecule is C=Cc1ccc2c(c1)N(C)CN2. The fourth-order valence-electron chi connectivity index (χ4n) is 1.43. The molecule has 1 heterocycles. The Bertz CT molecular complexity index is 318. The lowest BCUT2D eigenvalue weighted by Gasteiger charge is -2.09. The molecular weight excluding hydrogens is 148 g/mol. The summed E-state index contributed by atoms with van der Waals surface area (Å²) >= 11 is 0. The third-order valence-electron chi connectivity index (χ3n) is 2.18. The summed E-state index contributed by atoms with van der Waals surface area (Å²) in [6, 6.07) is 6.30. The smallest absolute Gasteiger partial charge is 0.0874 e. The maximum absolute atomic E-state index is 3.74. The molecule has 1 aromatic carbocycles. The van der Waals surface area contributed by atoms with Gasteiger partial charge in [-0.3, -0.25) is 0 Å². The molecule has 1 aliphatic heterocycles. The molecule has 0 aliphatic carbocycles. The lowest BCUT2D eigenvalue weighted by atomic mass is 10.2. The number of rotatable bonds is 1. The fourth-order valence-corrected chi connectivity index (χ4v) is 1.43. The molecule has 1 aliphatic rings. The van der Waals surface area contributed by atoms with Crippen LogP contribution in [0.5, 0.6) is 0 Å². The second-order valence-corrected chi connectivity index (χ2v) is 3.01. The van der Waals surface area contributed by atoms with Crippen LogP contribution < -0.4 is 10.2 Å². The Morgan fingerprint density at radius 2 is 2.42 bits per heavy atom. The molecular formula is C10H12N2. The standard InChI is InChI=1S/C10H12N2/c1-3-8-4-5-9-10(6-8)12(2)7-11-9/h3-6,11H,1,7H2,2H3. The summed E-state index contributed by atoms with van der Waals surface area (Å²) in [4.78, 5) is 2.18. The molecule has 0 bridgehead atoms. The molecule has 0 unspecified atom stereocenters. The Kier molecular flexibility index (Phi) is 1.54. The first-order valence-corrected chi connectivity index (χ1v) is 4.03. The van der Waals surface area contributed by atoms with Gasteiger partial charge in [-0.1, -0.05) is 18.7 Å². The van der Waals surface area contributed by atoms with Crippen molar-refractivity contribution in [2.24, 2.45) is 0 Å². The van der Waals surface area contributed by atoms with Gasteiger partial charge in [-0.15, -0.1) is 0 Å². The van der Waals surface area contributed by atoms with Crippen LogP contribution in [-0.4, -0.2) is 13.7 Å². The molecule has 0 saturated carbocycles. The molecule has 62 valence electrons. The molecule has 12 heavy (non-hydrogen) atoms. The van der Waals surface area contributed by atoms with Crippen LogP contribution in [0, 0.1) is 0 Å². The predicted octanol–water partition coefficient (Wildman–Crippen LogP) is 2.15. The van der Waals surface area contributed by atoms with Gasteiger partial charge >= 0.3 is 0 Å². The first kappa shape index (κ1) is 7.22. The molecule has 2 rings (SSSR count). The largest absolute Gasteiger partial charge is 0.366 e. The van der Waals surface area contributed by atoms with E-state index in [4.69, 9.17) is 0 Å². The minimum atomic E-state index is 0.899. The number of hydrogen-bond acceptors (Lipinski definition) is 2. The van der Waals surface area contributed by atoms with Crippen LogP contribution in [0.1, 0.15) is 5.56 Å². The predicted molar refractivity (Wildman–Crippen MR) is 53.4 cm³/mol. The summed E-state index contributed by atoms with van der Waals surface area (Å²) in [6.45, 7) is 4.64. The lowest BCUT2D eigenvalue weighted by Crippen LogP contribution is -2.15. The summed E-state index contributed by atoms with van der Waals surface area (Å²) in [6.07, 6.45) is 1.87. The van der Waals surface area contributed by atoms with Crippen molar-refractivity contribution in [1.29, 1.82) is 0 Å². The number of nitrogens with zero attached hydrogens (tertiary/aromatic N) is 1. The molecule has 2 heteroatoms. The van der Waals surface area contributed by atoms with Crippen molar-refractivity contribution in [3.63, 3.8) is 0 Å². The molecule has 0 radical (unpaired) electrons. The topological polar surface area (TPSA) is 15.3 Å². The molecule has 0 fully saturated rings. The molecule has 1 N–H and O–H groups in total. The first-order valence-electron chi connectivity index (χ1n) is 4.03. The summed E-state index contributed by atoms with van der Waals surface area (Å²) in [5, 5.41) is 3.29. The normalized spacial score (nSPS) is 13.9. The quantitative estimate of drug-likeness (QED) is 0.677. The van der Waals surface area contributed by atoms with E-state index in [0.717, 1.165) is 6.67 Å². The van der Waals surface area contributed by atoms with E-state index in [9.17, 15) is 0 Å². The third kappa shape index (κ3) is 0.961. The highest BCUT2D eigenvalue weighted by Gasteiger charge is 2.13. The van der Waals surface area contributed by atoms with Crippen molar-refractivity contribution in [3.8, 4) is 0 Å². The van der Waals surface area contributed by atoms with Gasteiger partial charge in [0.15, 0.2) is 0 Å². The zero-order chi connectivity index (χ0) is 8.55. The minimum Gasteiger partial charge on any atom is -0.366 e. The molecule has 2 nitrogen and oxygen atoms in total. The number of nitrogens with one attached hydrogen (secondary N) is 1. The number of fused-ring (bicyclic) bond motifs is 1. The maximum atomic E-state index is 3.74. The van der Waals surface area contributed by atoms with Gasteiger partial charge in [-0.2, -0.15) is 0 Å². The molecule has 0 spiro atoms. The van der Waals surface area contributed by atoms with Gasteiger partial charge in [-0.25, -0.2) is 0 Å².